The molecule has 0 aliphatic heterocycles. The van der Waals surface area contributed by atoms with Gasteiger partial charge in [-0.05, 0) is 42.0 Å². The number of nitrogens with one attached hydrogen (secondary N) is 1. The highest BCUT2D eigenvalue weighted by molar-refractivity contribution is 6.35. The quantitative estimate of drug-likeness (QED) is 0.759. The molecule has 0 spiro atoms. The average molecular weight is 287 g/mol. The summed E-state index contributed by atoms with van der Waals surface area (Å²) < 4.78 is 12.9. The minimum Gasteiger partial charge on any atom is -0.379 e. The molecule has 0 amide bonds. The van der Waals surface area contributed by atoms with Gasteiger partial charge in [0, 0.05) is 18.1 Å². The van der Waals surface area contributed by atoms with Crippen molar-refractivity contribution in [3.05, 3.63) is 71.1 Å². The molecule has 1 N–H and O–H groups in total. The summed E-state index contributed by atoms with van der Waals surface area (Å²) in [5.74, 6) is -0.229. The summed E-state index contributed by atoms with van der Waals surface area (Å²) in [5, 5.41) is 4.90. The van der Waals surface area contributed by atoms with Crippen molar-refractivity contribution in [1.82, 2.24) is 4.98 Å². The first-order chi connectivity index (χ1) is 9.74. The molecule has 20 heavy (non-hydrogen) atoms. The van der Waals surface area contributed by atoms with Gasteiger partial charge in [-0.25, -0.2) is 4.39 Å². The Morgan fingerprint density at radius 1 is 1.05 bits per heavy atom. The molecule has 2 nitrogen and oxygen atoms in total. The normalized spacial score (nSPS) is 10.7. The summed E-state index contributed by atoms with van der Waals surface area (Å²) in [7, 11) is 0. The maximum absolute atomic E-state index is 12.9. The van der Waals surface area contributed by atoms with Crippen molar-refractivity contribution in [1.29, 1.82) is 0 Å². The van der Waals surface area contributed by atoms with Gasteiger partial charge in [0.05, 0.1) is 16.2 Å². The molecule has 0 aliphatic carbocycles. The standard InChI is InChI=1S/C16H12ClFN2/c17-14-7-8-15(16-13(14)2-1-9-19-16)20-10-11-3-5-12(18)6-4-11/h1-9,20H,10H2. The first-order valence-electron chi connectivity index (χ1n) is 6.25. The van der Waals surface area contributed by atoms with E-state index >= 15 is 0 Å². The molecule has 0 bridgehead atoms. The lowest BCUT2D eigenvalue weighted by atomic mass is 10.1. The number of pyridine rings is 1. The van der Waals surface area contributed by atoms with Gasteiger partial charge in [-0.3, -0.25) is 4.98 Å². The molecule has 0 saturated heterocycles. The topological polar surface area (TPSA) is 24.9 Å². The third-order valence-electron chi connectivity index (χ3n) is 3.11. The summed E-state index contributed by atoms with van der Waals surface area (Å²) in [4.78, 5) is 4.36. The van der Waals surface area contributed by atoms with Crippen LogP contribution in [-0.4, -0.2) is 4.98 Å². The second-order valence-electron chi connectivity index (χ2n) is 4.47. The van der Waals surface area contributed by atoms with E-state index in [-0.39, 0.29) is 5.82 Å². The number of hydrogen-bond acceptors (Lipinski definition) is 2. The first-order valence-corrected chi connectivity index (χ1v) is 6.63. The predicted octanol–water partition coefficient (Wildman–Crippen LogP) is 4.64. The molecule has 0 atom stereocenters. The van der Waals surface area contributed by atoms with E-state index in [4.69, 9.17) is 11.6 Å². The molecule has 1 heterocycles. The number of fused-ring (bicyclic) bond motifs is 1. The van der Waals surface area contributed by atoms with Gasteiger partial charge < -0.3 is 5.32 Å². The monoisotopic (exact) mass is 286 g/mol. The summed E-state index contributed by atoms with van der Waals surface area (Å²) in [5.41, 5.74) is 2.75. The highest BCUT2D eigenvalue weighted by atomic mass is 35.5. The van der Waals surface area contributed by atoms with Crippen LogP contribution < -0.4 is 5.32 Å². The molecule has 2 aromatic carbocycles. The van der Waals surface area contributed by atoms with Gasteiger partial charge in [0.1, 0.15) is 5.82 Å². The molecule has 3 aromatic rings. The van der Waals surface area contributed by atoms with Gasteiger partial charge in [0.25, 0.3) is 0 Å². The van der Waals surface area contributed by atoms with Crippen LogP contribution in [0, 0.1) is 5.82 Å². The molecule has 0 radical (unpaired) electrons. The van der Waals surface area contributed by atoms with Crippen LogP contribution in [0.5, 0.6) is 0 Å². The van der Waals surface area contributed by atoms with Crippen molar-refractivity contribution in [2.24, 2.45) is 0 Å². The summed E-state index contributed by atoms with van der Waals surface area (Å²) in [6.45, 7) is 0.605. The fourth-order valence-corrected chi connectivity index (χ4v) is 2.30. The second-order valence-corrected chi connectivity index (χ2v) is 4.88. The highest BCUT2D eigenvalue weighted by Gasteiger charge is 2.05. The minimum absolute atomic E-state index is 0.229. The lowest BCUT2D eigenvalue weighted by molar-refractivity contribution is 0.627. The van der Waals surface area contributed by atoms with Crippen LogP contribution in [-0.2, 0) is 6.54 Å². The van der Waals surface area contributed by atoms with Crippen LogP contribution >= 0.6 is 11.6 Å². The lowest BCUT2D eigenvalue weighted by Gasteiger charge is -2.10. The molecule has 1 aromatic heterocycles. The van der Waals surface area contributed by atoms with Gasteiger partial charge in [-0.1, -0.05) is 23.7 Å². The predicted molar refractivity (Wildman–Crippen MR) is 80.5 cm³/mol. The fraction of sp³-hybridized carbons (Fsp3) is 0.0625. The van der Waals surface area contributed by atoms with Crippen LogP contribution in [0.4, 0.5) is 10.1 Å². The third-order valence-corrected chi connectivity index (χ3v) is 3.44. The lowest BCUT2D eigenvalue weighted by Crippen LogP contribution is -2.00. The molecular weight excluding hydrogens is 275 g/mol. The van der Waals surface area contributed by atoms with Gasteiger partial charge in [-0.2, -0.15) is 0 Å². The Labute approximate surface area is 121 Å². The average Bonchev–Trinajstić information content (AvgIpc) is 2.49. The van der Waals surface area contributed by atoms with Gasteiger partial charge in [0.15, 0.2) is 0 Å². The number of nitrogens with zero attached hydrogens (tertiary/aromatic N) is 1. The van der Waals surface area contributed by atoms with E-state index in [0.717, 1.165) is 22.2 Å². The highest BCUT2D eigenvalue weighted by Crippen LogP contribution is 2.28. The van der Waals surface area contributed by atoms with E-state index in [1.54, 1.807) is 18.3 Å². The number of rotatable bonds is 3. The fourth-order valence-electron chi connectivity index (χ4n) is 2.08. The molecule has 100 valence electrons. The molecular formula is C16H12ClFN2. The number of halogens is 2. The number of aromatic nitrogens is 1. The van der Waals surface area contributed by atoms with Crippen LogP contribution in [0.1, 0.15) is 5.56 Å². The second kappa shape index (κ2) is 5.47. The number of hydrogen-bond donors (Lipinski definition) is 1. The van der Waals surface area contributed by atoms with Crippen molar-refractivity contribution in [3.8, 4) is 0 Å². The summed E-state index contributed by atoms with van der Waals surface area (Å²) >= 11 is 6.15. The molecule has 3 rings (SSSR count). The van der Waals surface area contributed by atoms with Crippen molar-refractivity contribution < 1.29 is 4.39 Å². The molecule has 0 unspecified atom stereocenters. The molecule has 0 saturated carbocycles. The maximum Gasteiger partial charge on any atom is 0.123 e. The summed E-state index contributed by atoms with van der Waals surface area (Å²) in [6.07, 6.45) is 1.74. The Hall–Kier alpha value is -2.13. The van der Waals surface area contributed by atoms with Crippen molar-refractivity contribution in [3.63, 3.8) is 0 Å². The largest absolute Gasteiger partial charge is 0.379 e. The van der Waals surface area contributed by atoms with E-state index in [2.05, 4.69) is 10.3 Å². The zero-order valence-corrected chi connectivity index (χ0v) is 11.4. The Morgan fingerprint density at radius 2 is 1.85 bits per heavy atom. The van der Waals surface area contributed by atoms with Crippen LogP contribution in [0.25, 0.3) is 10.9 Å². The maximum atomic E-state index is 12.9. The zero-order valence-electron chi connectivity index (χ0n) is 10.6. The Bertz CT molecular complexity index is 741. The van der Waals surface area contributed by atoms with E-state index < -0.39 is 0 Å². The van der Waals surface area contributed by atoms with E-state index in [1.807, 2.05) is 24.3 Å². The van der Waals surface area contributed by atoms with Crippen LogP contribution in [0.3, 0.4) is 0 Å². The van der Waals surface area contributed by atoms with Crippen molar-refractivity contribution in [2.75, 3.05) is 5.32 Å². The first kappa shape index (κ1) is 12.9. The Morgan fingerprint density at radius 3 is 2.65 bits per heavy atom. The minimum atomic E-state index is -0.229. The van der Waals surface area contributed by atoms with Gasteiger partial charge in [-0.15, -0.1) is 0 Å². The zero-order chi connectivity index (χ0) is 13.9. The number of benzene rings is 2. The smallest absolute Gasteiger partial charge is 0.123 e. The van der Waals surface area contributed by atoms with Gasteiger partial charge >= 0.3 is 0 Å². The SMILES string of the molecule is Fc1ccc(CNc2ccc(Cl)c3cccnc23)cc1. The summed E-state index contributed by atoms with van der Waals surface area (Å²) in [6, 6.07) is 14.0. The molecule has 0 fully saturated rings. The van der Waals surface area contributed by atoms with Crippen LogP contribution in [0.2, 0.25) is 5.02 Å². The van der Waals surface area contributed by atoms with Crippen LogP contribution in [0.15, 0.2) is 54.7 Å². The number of anilines is 1. The molecule has 0 aliphatic rings. The van der Waals surface area contributed by atoms with Gasteiger partial charge in [0.2, 0.25) is 0 Å². The Balaban J connectivity index is 1.88. The van der Waals surface area contributed by atoms with Crippen molar-refractivity contribution >= 4 is 28.2 Å². The van der Waals surface area contributed by atoms with E-state index in [1.165, 1.54) is 12.1 Å². The molecule has 4 heteroatoms. The Kier molecular flexibility index (Phi) is 3.52. The van der Waals surface area contributed by atoms with E-state index in [0.29, 0.717) is 11.6 Å². The third kappa shape index (κ3) is 2.58. The van der Waals surface area contributed by atoms with Crippen molar-refractivity contribution in [2.45, 2.75) is 6.54 Å². The van der Waals surface area contributed by atoms with E-state index in [9.17, 15) is 4.39 Å².